The Bertz CT molecular complexity index is 1200. The minimum atomic E-state index is -0.591. The number of aromatic amines is 1. The third-order valence-corrected chi connectivity index (χ3v) is 7.22. The van der Waals surface area contributed by atoms with E-state index in [2.05, 4.69) is 20.6 Å². The highest BCUT2D eigenvalue weighted by Crippen LogP contribution is 2.34. The predicted octanol–water partition coefficient (Wildman–Crippen LogP) is 3.92. The van der Waals surface area contributed by atoms with Gasteiger partial charge in [-0.1, -0.05) is 17.8 Å². The van der Waals surface area contributed by atoms with E-state index in [4.69, 9.17) is 0 Å². The number of imide groups is 1. The third-order valence-electron chi connectivity index (χ3n) is 5.16. The van der Waals surface area contributed by atoms with Gasteiger partial charge in [-0.3, -0.25) is 14.9 Å². The van der Waals surface area contributed by atoms with E-state index < -0.39 is 11.9 Å². The topological polar surface area (TPSA) is 104 Å². The van der Waals surface area contributed by atoms with Crippen molar-refractivity contribution < 1.29 is 9.59 Å². The lowest BCUT2D eigenvalue weighted by Gasteiger charge is -2.09. The molecule has 0 radical (unpaired) electrons. The van der Waals surface area contributed by atoms with Gasteiger partial charge >= 0.3 is 6.03 Å². The molecular formula is C21H22N4O3S2. The number of hydrogen-bond acceptors (Lipinski definition) is 6. The van der Waals surface area contributed by atoms with Gasteiger partial charge in [-0.2, -0.15) is 0 Å². The van der Waals surface area contributed by atoms with Crippen LogP contribution in [-0.4, -0.2) is 27.7 Å². The van der Waals surface area contributed by atoms with Gasteiger partial charge in [0.2, 0.25) is 5.91 Å². The third kappa shape index (κ3) is 4.41. The maximum absolute atomic E-state index is 12.5. The predicted molar refractivity (Wildman–Crippen MR) is 121 cm³/mol. The molecule has 0 bridgehead atoms. The molecule has 3 N–H and O–H groups in total. The molecule has 30 heavy (non-hydrogen) atoms. The lowest BCUT2D eigenvalue weighted by Crippen LogP contribution is -2.35. The number of thiophene rings is 1. The van der Waals surface area contributed by atoms with E-state index in [1.807, 2.05) is 26.0 Å². The number of amides is 3. The number of nitrogens with zero attached hydrogens (tertiary/aromatic N) is 1. The second-order valence-corrected chi connectivity index (χ2v) is 9.40. The molecule has 1 aromatic carbocycles. The molecule has 9 heteroatoms. The van der Waals surface area contributed by atoms with Gasteiger partial charge in [-0.05, 0) is 68.4 Å². The molecule has 2 heterocycles. The number of anilines is 1. The molecule has 7 nitrogen and oxygen atoms in total. The fourth-order valence-electron chi connectivity index (χ4n) is 3.49. The Morgan fingerprint density at radius 1 is 1.20 bits per heavy atom. The van der Waals surface area contributed by atoms with Crippen LogP contribution in [0.1, 0.15) is 34.4 Å². The van der Waals surface area contributed by atoms with Crippen LogP contribution in [0.5, 0.6) is 0 Å². The highest BCUT2D eigenvalue weighted by Gasteiger charge is 2.20. The molecule has 1 aliphatic carbocycles. The maximum atomic E-state index is 12.5. The molecule has 0 saturated carbocycles. The Kier molecular flexibility index (Phi) is 5.92. The monoisotopic (exact) mass is 442 g/mol. The first-order valence-corrected chi connectivity index (χ1v) is 11.6. The normalized spacial score (nSPS) is 13.1. The van der Waals surface area contributed by atoms with E-state index in [1.54, 1.807) is 17.4 Å². The van der Waals surface area contributed by atoms with E-state index in [0.717, 1.165) is 59.0 Å². The molecule has 0 fully saturated rings. The van der Waals surface area contributed by atoms with Crippen LogP contribution in [0.25, 0.3) is 10.2 Å². The fraction of sp³-hybridized carbons (Fsp3) is 0.333. The molecular weight excluding hydrogens is 420 g/mol. The fourth-order valence-corrected chi connectivity index (χ4v) is 5.47. The van der Waals surface area contributed by atoms with Crippen LogP contribution in [0.15, 0.2) is 28.2 Å². The van der Waals surface area contributed by atoms with Crippen molar-refractivity contribution in [2.24, 2.45) is 0 Å². The number of rotatable bonds is 4. The van der Waals surface area contributed by atoms with Crippen molar-refractivity contribution in [2.45, 2.75) is 44.7 Å². The summed E-state index contributed by atoms with van der Waals surface area (Å²) in [5.41, 5.74) is 3.77. The summed E-state index contributed by atoms with van der Waals surface area (Å²) in [5.74, 6) is -0.491. The van der Waals surface area contributed by atoms with Crippen molar-refractivity contribution in [3.05, 3.63) is 50.1 Å². The minimum Gasteiger partial charge on any atom is -0.308 e. The van der Waals surface area contributed by atoms with Crippen molar-refractivity contribution in [3.63, 3.8) is 0 Å². The molecule has 0 aliphatic heterocycles. The number of carbonyl (C=O) groups excluding carboxylic acids is 2. The van der Waals surface area contributed by atoms with E-state index in [-0.39, 0.29) is 11.3 Å². The van der Waals surface area contributed by atoms with Crippen molar-refractivity contribution in [1.82, 2.24) is 15.3 Å². The van der Waals surface area contributed by atoms with Gasteiger partial charge in [0.05, 0.1) is 11.1 Å². The Hall–Kier alpha value is -2.65. The molecule has 156 valence electrons. The Balaban J connectivity index is 1.37. The number of hydrogen-bond donors (Lipinski definition) is 3. The zero-order chi connectivity index (χ0) is 21.3. The van der Waals surface area contributed by atoms with Gasteiger partial charge in [0.15, 0.2) is 5.16 Å². The van der Waals surface area contributed by atoms with Crippen molar-refractivity contribution in [2.75, 3.05) is 11.1 Å². The number of urea groups is 1. The zero-order valence-corrected chi connectivity index (χ0v) is 18.4. The Morgan fingerprint density at radius 3 is 2.80 bits per heavy atom. The summed E-state index contributed by atoms with van der Waals surface area (Å²) >= 11 is 2.67. The molecule has 1 aliphatic rings. The molecule has 3 aromatic rings. The number of benzene rings is 1. The summed E-state index contributed by atoms with van der Waals surface area (Å²) in [4.78, 5) is 46.0. The number of aryl methyl sites for hydroxylation is 4. The number of H-pyrrole nitrogens is 1. The molecule has 2 aromatic heterocycles. The van der Waals surface area contributed by atoms with E-state index in [0.29, 0.717) is 16.2 Å². The molecule has 0 atom stereocenters. The number of nitrogens with one attached hydrogen (secondary N) is 3. The van der Waals surface area contributed by atoms with Gasteiger partial charge in [-0.15, -0.1) is 11.3 Å². The summed E-state index contributed by atoms with van der Waals surface area (Å²) in [6, 6.07) is 4.94. The first kappa shape index (κ1) is 20.6. The van der Waals surface area contributed by atoms with Crippen LogP contribution in [0.3, 0.4) is 0 Å². The number of fused-ring (bicyclic) bond motifs is 3. The van der Waals surface area contributed by atoms with Crippen LogP contribution in [-0.2, 0) is 17.6 Å². The first-order chi connectivity index (χ1) is 14.4. The number of thioether (sulfide) groups is 1. The van der Waals surface area contributed by atoms with Gasteiger partial charge in [0.25, 0.3) is 5.56 Å². The van der Waals surface area contributed by atoms with Gasteiger partial charge in [0.1, 0.15) is 4.83 Å². The summed E-state index contributed by atoms with van der Waals surface area (Å²) in [6.45, 7) is 3.94. The van der Waals surface area contributed by atoms with Gasteiger partial charge in [0, 0.05) is 10.6 Å². The van der Waals surface area contributed by atoms with E-state index in [1.165, 1.54) is 4.88 Å². The van der Waals surface area contributed by atoms with Gasteiger partial charge in [-0.25, -0.2) is 9.78 Å². The molecule has 0 unspecified atom stereocenters. The summed E-state index contributed by atoms with van der Waals surface area (Å²) in [6.07, 6.45) is 4.16. The maximum Gasteiger partial charge on any atom is 0.325 e. The number of carbonyl (C=O) groups is 2. The highest BCUT2D eigenvalue weighted by molar-refractivity contribution is 7.99. The molecule has 4 rings (SSSR count). The highest BCUT2D eigenvalue weighted by atomic mass is 32.2. The van der Waals surface area contributed by atoms with E-state index in [9.17, 15) is 14.4 Å². The van der Waals surface area contributed by atoms with Crippen LogP contribution < -0.4 is 16.2 Å². The van der Waals surface area contributed by atoms with Gasteiger partial charge < -0.3 is 10.3 Å². The average molecular weight is 443 g/mol. The second-order valence-electron chi connectivity index (χ2n) is 7.35. The average Bonchev–Trinajstić information content (AvgIpc) is 3.08. The van der Waals surface area contributed by atoms with Crippen molar-refractivity contribution in [1.29, 1.82) is 0 Å². The van der Waals surface area contributed by atoms with Crippen LogP contribution in [0.4, 0.5) is 10.5 Å². The zero-order valence-electron chi connectivity index (χ0n) is 16.8. The van der Waals surface area contributed by atoms with E-state index >= 15 is 0 Å². The Morgan fingerprint density at radius 2 is 2.00 bits per heavy atom. The lowest BCUT2D eigenvalue weighted by molar-refractivity contribution is -0.117. The second kappa shape index (κ2) is 8.61. The quantitative estimate of drug-likeness (QED) is 0.420. The SMILES string of the molecule is Cc1ccc(NC(=O)NC(=O)CSc2nc3sc4c(c3c(=O)[nH]2)CCCC4)cc1C. The van der Waals surface area contributed by atoms with Crippen LogP contribution >= 0.6 is 23.1 Å². The molecule has 0 spiro atoms. The van der Waals surface area contributed by atoms with Crippen LogP contribution in [0.2, 0.25) is 0 Å². The summed E-state index contributed by atoms with van der Waals surface area (Å²) in [7, 11) is 0. The first-order valence-electron chi connectivity index (χ1n) is 9.76. The summed E-state index contributed by atoms with van der Waals surface area (Å²) < 4.78 is 0. The van der Waals surface area contributed by atoms with Crippen molar-refractivity contribution >= 4 is 50.9 Å². The molecule has 0 saturated heterocycles. The smallest absolute Gasteiger partial charge is 0.308 e. The van der Waals surface area contributed by atoms with Crippen LogP contribution in [0, 0.1) is 13.8 Å². The number of aromatic nitrogens is 2. The minimum absolute atomic E-state index is 0.0279. The summed E-state index contributed by atoms with van der Waals surface area (Å²) in [5, 5.41) is 6.02. The lowest BCUT2D eigenvalue weighted by atomic mass is 9.97. The molecule has 3 amide bonds. The standard InChI is InChI=1S/C21H22N4O3S2/c1-11-7-8-13(9-12(11)2)22-20(28)23-16(26)10-29-21-24-18(27)17-14-5-3-4-6-15(14)30-19(17)25-21/h7-9H,3-6,10H2,1-2H3,(H,24,25,27)(H2,22,23,26,28). The Labute approximate surface area is 181 Å². The largest absolute Gasteiger partial charge is 0.325 e. The van der Waals surface area contributed by atoms with Crippen molar-refractivity contribution in [3.8, 4) is 0 Å².